The van der Waals surface area contributed by atoms with E-state index in [2.05, 4.69) is 21.5 Å². The predicted octanol–water partition coefficient (Wildman–Crippen LogP) is 4.19. The van der Waals surface area contributed by atoms with E-state index in [1.165, 1.54) is 0 Å². The molecule has 0 saturated carbocycles. The molecule has 0 spiro atoms. The van der Waals surface area contributed by atoms with Gasteiger partial charge in [-0.05, 0) is 56.8 Å². The van der Waals surface area contributed by atoms with Gasteiger partial charge in [-0.3, -0.25) is 4.57 Å². The molecule has 0 radical (unpaired) electrons. The molecular weight excluding hydrogens is 270 g/mol. The Labute approximate surface area is 122 Å². The Balaban J connectivity index is 1.90. The average Bonchev–Trinajstić information content (AvgIpc) is 3.02. The van der Waals surface area contributed by atoms with Gasteiger partial charge in [-0.2, -0.15) is 0 Å². The Morgan fingerprint density at radius 1 is 1.40 bits per heavy atom. The molecule has 20 heavy (non-hydrogen) atoms. The molecule has 3 heterocycles. The van der Waals surface area contributed by atoms with Gasteiger partial charge in [-0.1, -0.05) is 0 Å². The summed E-state index contributed by atoms with van der Waals surface area (Å²) in [5, 5.41) is 0. The second kappa shape index (κ2) is 5.25. The number of furan rings is 1. The fourth-order valence-electron chi connectivity index (χ4n) is 2.44. The predicted molar refractivity (Wildman–Crippen MR) is 81.4 cm³/mol. The highest BCUT2D eigenvalue weighted by Gasteiger charge is 2.13. The van der Waals surface area contributed by atoms with E-state index in [0.717, 1.165) is 40.2 Å². The van der Waals surface area contributed by atoms with Crippen molar-refractivity contribution in [2.75, 3.05) is 0 Å². The standard InChI is InChI=1S/C15H17N3OS/c1-10-5-8-13-14(16-10)18(15(20)17-13)11(2)6-7-12-4-3-9-19-12/h3-5,8-9,11H,6-7H2,1-2H3,(H,17,20). The normalized spacial score (nSPS) is 12.9. The van der Waals surface area contributed by atoms with Gasteiger partial charge in [0.05, 0.1) is 11.8 Å². The number of hydrogen-bond acceptors (Lipinski definition) is 3. The van der Waals surface area contributed by atoms with E-state index in [0.29, 0.717) is 0 Å². The molecular formula is C15H17N3OS. The highest BCUT2D eigenvalue weighted by molar-refractivity contribution is 7.71. The van der Waals surface area contributed by atoms with Gasteiger partial charge in [0, 0.05) is 18.2 Å². The molecule has 0 aliphatic rings. The number of fused-ring (bicyclic) bond motifs is 1. The number of aromatic nitrogens is 3. The summed E-state index contributed by atoms with van der Waals surface area (Å²) >= 11 is 5.43. The summed E-state index contributed by atoms with van der Waals surface area (Å²) in [5.74, 6) is 1.01. The first-order valence-electron chi connectivity index (χ1n) is 6.75. The number of nitrogens with zero attached hydrogens (tertiary/aromatic N) is 2. The van der Waals surface area contributed by atoms with Crippen molar-refractivity contribution in [1.82, 2.24) is 14.5 Å². The Hall–Kier alpha value is -1.88. The Kier molecular flexibility index (Phi) is 3.44. The number of imidazole rings is 1. The third kappa shape index (κ3) is 2.41. The van der Waals surface area contributed by atoms with Crippen LogP contribution in [0.1, 0.15) is 30.8 Å². The van der Waals surface area contributed by atoms with Crippen LogP contribution >= 0.6 is 12.2 Å². The fraction of sp³-hybridized carbons (Fsp3) is 0.333. The van der Waals surface area contributed by atoms with Crippen LogP contribution in [0.5, 0.6) is 0 Å². The molecule has 0 amide bonds. The number of nitrogens with one attached hydrogen (secondary N) is 1. The SMILES string of the molecule is Cc1ccc2[nH]c(=S)n(C(C)CCc3ccco3)c2n1. The Morgan fingerprint density at radius 3 is 3.00 bits per heavy atom. The molecule has 104 valence electrons. The molecule has 0 fully saturated rings. The van der Waals surface area contributed by atoms with Crippen LogP contribution in [0.3, 0.4) is 0 Å². The second-order valence-corrected chi connectivity index (χ2v) is 5.48. The van der Waals surface area contributed by atoms with Crippen molar-refractivity contribution in [1.29, 1.82) is 0 Å². The van der Waals surface area contributed by atoms with Gasteiger partial charge in [0.1, 0.15) is 5.76 Å². The largest absolute Gasteiger partial charge is 0.469 e. The molecule has 1 N–H and O–H groups in total. The zero-order valence-corrected chi connectivity index (χ0v) is 12.4. The van der Waals surface area contributed by atoms with Crippen molar-refractivity contribution >= 4 is 23.4 Å². The average molecular weight is 287 g/mol. The van der Waals surface area contributed by atoms with Crippen molar-refractivity contribution in [3.05, 3.63) is 46.8 Å². The molecule has 3 aromatic heterocycles. The zero-order valence-electron chi connectivity index (χ0n) is 11.6. The summed E-state index contributed by atoms with van der Waals surface area (Å²) in [6.45, 7) is 4.16. The van der Waals surface area contributed by atoms with E-state index in [4.69, 9.17) is 16.6 Å². The summed E-state index contributed by atoms with van der Waals surface area (Å²) in [4.78, 5) is 7.82. The summed E-state index contributed by atoms with van der Waals surface area (Å²) in [6.07, 6.45) is 3.57. The first kappa shape index (κ1) is 13.1. The van der Waals surface area contributed by atoms with E-state index in [9.17, 15) is 0 Å². The first-order valence-corrected chi connectivity index (χ1v) is 7.16. The molecule has 1 atom stereocenters. The molecule has 3 rings (SSSR count). The summed E-state index contributed by atoms with van der Waals surface area (Å²) < 4.78 is 8.20. The highest BCUT2D eigenvalue weighted by Crippen LogP contribution is 2.21. The maximum absolute atomic E-state index is 5.43. The maximum atomic E-state index is 5.43. The Bertz CT molecular complexity index is 770. The minimum absolute atomic E-state index is 0.274. The van der Waals surface area contributed by atoms with Gasteiger partial charge < -0.3 is 9.40 Å². The molecule has 0 aliphatic heterocycles. The lowest BCUT2D eigenvalue weighted by atomic mass is 10.1. The molecule has 1 unspecified atom stereocenters. The lowest BCUT2D eigenvalue weighted by molar-refractivity contribution is 0.454. The van der Waals surface area contributed by atoms with Gasteiger partial charge in [0.25, 0.3) is 0 Å². The van der Waals surface area contributed by atoms with Crippen molar-refractivity contribution < 1.29 is 4.42 Å². The van der Waals surface area contributed by atoms with Gasteiger partial charge in [0.2, 0.25) is 0 Å². The van der Waals surface area contributed by atoms with Gasteiger partial charge in [0.15, 0.2) is 10.4 Å². The van der Waals surface area contributed by atoms with E-state index in [1.54, 1.807) is 6.26 Å². The summed E-state index contributed by atoms with van der Waals surface area (Å²) in [6, 6.07) is 8.22. The number of hydrogen-bond donors (Lipinski definition) is 1. The van der Waals surface area contributed by atoms with Crippen molar-refractivity contribution in [3.8, 4) is 0 Å². The molecule has 5 heteroatoms. The third-order valence-corrected chi connectivity index (χ3v) is 3.83. The van der Waals surface area contributed by atoms with Crippen molar-refractivity contribution in [2.45, 2.75) is 32.7 Å². The summed E-state index contributed by atoms with van der Waals surface area (Å²) in [5.41, 5.74) is 2.92. The topological polar surface area (TPSA) is 46.8 Å². The lowest BCUT2D eigenvalue weighted by Gasteiger charge is -2.13. The van der Waals surface area contributed by atoms with Crippen LogP contribution in [0.15, 0.2) is 34.9 Å². The number of aryl methyl sites for hydroxylation is 2. The van der Waals surface area contributed by atoms with Crippen LogP contribution in [-0.4, -0.2) is 14.5 Å². The van der Waals surface area contributed by atoms with Crippen molar-refractivity contribution in [2.24, 2.45) is 0 Å². The monoisotopic (exact) mass is 287 g/mol. The Morgan fingerprint density at radius 2 is 2.25 bits per heavy atom. The van der Waals surface area contributed by atoms with E-state index in [-0.39, 0.29) is 6.04 Å². The molecule has 4 nitrogen and oxygen atoms in total. The van der Waals surface area contributed by atoms with Crippen LogP contribution in [0.4, 0.5) is 0 Å². The number of pyridine rings is 1. The van der Waals surface area contributed by atoms with Crippen LogP contribution in [0.2, 0.25) is 0 Å². The minimum Gasteiger partial charge on any atom is -0.469 e. The van der Waals surface area contributed by atoms with Crippen LogP contribution in [0.25, 0.3) is 11.2 Å². The summed E-state index contributed by atoms with van der Waals surface area (Å²) in [7, 11) is 0. The van der Waals surface area contributed by atoms with Gasteiger partial charge in [-0.15, -0.1) is 0 Å². The van der Waals surface area contributed by atoms with Crippen LogP contribution in [0, 0.1) is 11.7 Å². The minimum atomic E-state index is 0.274. The first-order chi connectivity index (χ1) is 9.65. The molecule has 3 aromatic rings. The smallest absolute Gasteiger partial charge is 0.179 e. The maximum Gasteiger partial charge on any atom is 0.179 e. The van der Waals surface area contributed by atoms with Crippen LogP contribution < -0.4 is 0 Å². The number of rotatable bonds is 4. The van der Waals surface area contributed by atoms with E-state index >= 15 is 0 Å². The molecule has 0 saturated heterocycles. The molecule has 0 aliphatic carbocycles. The quantitative estimate of drug-likeness (QED) is 0.732. The zero-order chi connectivity index (χ0) is 14.1. The van der Waals surface area contributed by atoms with Crippen LogP contribution in [-0.2, 0) is 6.42 Å². The third-order valence-electron chi connectivity index (χ3n) is 3.53. The van der Waals surface area contributed by atoms with Crippen molar-refractivity contribution in [3.63, 3.8) is 0 Å². The number of aromatic amines is 1. The van der Waals surface area contributed by atoms with E-state index in [1.807, 2.05) is 31.2 Å². The second-order valence-electron chi connectivity index (χ2n) is 5.09. The molecule has 0 bridgehead atoms. The van der Waals surface area contributed by atoms with Gasteiger partial charge in [-0.25, -0.2) is 4.98 Å². The number of H-pyrrole nitrogens is 1. The lowest BCUT2D eigenvalue weighted by Crippen LogP contribution is -2.07. The fourth-order valence-corrected chi connectivity index (χ4v) is 2.82. The van der Waals surface area contributed by atoms with E-state index < -0.39 is 0 Å². The highest BCUT2D eigenvalue weighted by atomic mass is 32.1. The molecule has 0 aromatic carbocycles. The van der Waals surface area contributed by atoms with Gasteiger partial charge >= 0.3 is 0 Å².